The summed E-state index contributed by atoms with van der Waals surface area (Å²) in [6, 6.07) is 4.14. The van der Waals surface area contributed by atoms with Crippen molar-refractivity contribution >= 4 is 17.6 Å². The molecule has 5 nitrogen and oxygen atoms in total. The van der Waals surface area contributed by atoms with Gasteiger partial charge in [-0.25, -0.2) is 4.39 Å². The number of halogens is 1. The molecule has 1 atom stereocenters. The van der Waals surface area contributed by atoms with Crippen molar-refractivity contribution in [3.05, 3.63) is 35.6 Å². The molecule has 2 amide bonds. The standard InChI is InChI=1S/C14H17FN2O3/c1-2-11(18)6-7-12(13(16)19)17-14(20)9-4-3-5-10(15)8-9/h3-5,8,12H,2,6-7H2,1H3,(H2,16,19)(H,17,20)/t12-/m1/s1. The van der Waals surface area contributed by atoms with Gasteiger partial charge < -0.3 is 11.1 Å². The molecular formula is C14H17FN2O3. The Kier molecular flexibility index (Phi) is 5.83. The summed E-state index contributed by atoms with van der Waals surface area (Å²) in [6.45, 7) is 1.72. The van der Waals surface area contributed by atoms with Crippen LogP contribution in [0.3, 0.4) is 0 Å². The van der Waals surface area contributed by atoms with E-state index in [1.807, 2.05) is 0 Å². The number of rotatable bonds is 7. The number of hydrogen-bond acceptors (Lipinski definition) is 3. The summed E-state index contributed by atoms with van der Waals surface area (Å²) >= 11 is 0. The number of carbonyl (C=O) groups is 3. The van der Waals surface area contributed by atoms with Gasteiger partial charge in [0.2, 0.25) is 5.91 Å². The molecule has 1 rings (SSSR count). The predicted octanol–water partition coefficient (Wildman–Crippen LogP) is 1.17. The number of primary amides is 1. The summed E-state index contributed by atoms with van der Waals surface area (Å²) in [5, 5.41) is 2.41. The average molecular weight is 280 g/mol. The van der Waals surface area contributed by atoms with Crippen LogP contribution in [0.25, 0.3) is 0 Å². The molecule has 0 saturated heterocycles. The molecule has 108 valence electrons. The molecular weight excluding hydrogens is 263 g/mol. The summed E-state index contributed by atoms with van der Waals surface area (Å²) in [4.78, 5) is 34.3. The predicted molar refractivity (Wildman–Crippen MR) is 71.4 cm³/mol. The molecule has 1 aromatic carbocycles. The van der Waals surface area contributed by atoms with Crippen molar-refractivity contribution in [2.45, 2.75) is 32.2 Å². The minimum absolute atomic E-state index is 0.0174. The SMILES string of the molecule is CCC(=O)CC[C@@H](NC(=O)c1cccc(F)c1)C(N)=O. The van der Waals surface area contributed by atoms with Gasteiger partial charge in [0.1, 0.15) is 17.6 Å². The topological polar surface area (TPSA) is 89.3 Å². The van der Waals surface area contributed by atoms with Crippen LogP contribution in [0.5, 0.6) is 0 Å². The lowest BCUT2D eigenvalue weighted by molar-refractivity contribution is -0.121. The van der Waals surface area contributed by atoms with Crippen LogP contribution in [-0.2, 0) is 9.59 Å². The molecule has 0 aliphatic rings. The maximum Gasteiger partial charge on any atom is 0.252 e. The summed E-state index contributed by atoms with van der Waals surface area (Å²) in [6.07, 6.45) is 0.667. The van der Waals surface area contributed by atoms with E-state index >= 15 is 0 Å². The Morgan fingerprint density at radius 3 is 2.60 bits per heavy atom. The van der Waals surface area contributed by atoms with Crippen molar-refractivity contribution in [2.24, 2.45) is 5.73 Å². The highest BCUT2D eigenvalue weighted by atomic mass is 19.1. The Labute approximate surface area is 116 Å². The van der Waals surface area contributed by atoms with Gasteiger partial charge in [-0.2, -0.15) is 0 Å². The Morgan fingerprint density at radius 2 is 2.05 bits per heavy atom. The molecule has 0 aromatic heterocycles. The number of hydrogen-bond donors (Lipinski definition) is 2. The monoisotopic (exact) mass is 280 g/mol. The van der Waals surface area contributed by atoms with E-state index in [0.717, 1.165) is 6.07 Å². The molecule has 0 fully saturated rings. The molecule has 0 aliphatic carbocycles. The highest BCUT2D eigenvalue weighted by Crippen LogP contribution is 2.06. The van der Waals surface area contributed by atoms with Gasteiger partial charge in [0.25, 0.3) is 5.91 Å². The van der Waals surface area contributed by atoms with Gasteiger partial charge >= 0.3 is 0 Å². The van der Waals surface area contributed by atoms with Crippen molar-refractivity contribution in [2.75, 3.05) is 0 Å². The van der Waals surface area contributed by atoms with Crippen molar-refractivity contribution in [3.63, 3.8) is 0 Å². The van der Waals surface area contributed by atoms with Crippen molar-refractivity contribution < 1.29 is 18.8 Å². The molecule has 0 aliphatic heterocycles. The molecule has 0 heterocycles. The lowest BCUT2D eigenvalue weighted by Gasteiger charge is -2.15. The van der Waals surface area contributed by atoms with E-state index in [-0.39, 0.29) is 24.2 Å². The number of nitrogens with two attached hydrogens (primary N) is 1. The van der Waals surface area contributed by atoms with E-state index in [2.05, 4.69) is 5.32 Å². The fourth-order valence-corrected chi connectivity index (χ4v) is 1.64. The Morgan fingerprint density at radius 1 is 1.35 bits per heavy atom. The number of amides is 2. The zero-order valence-electron chi connectivity index (χ0n) is 11.2. The molecule has 1 aromatic rings. The van der Waals surface area contributed by atoms with Crippen molar-refractivity contribution in [3.8, 4) is 0 Å². The number of ketones is 1. The molecule has 6 heteroatoms. The Hall–Kier alpha value is -2.24. The summed E-state index contributed by atoms with van der Waals surface area (Å²) in [5.41, 5.74) is 5.28. The van der Waals surface area contributed by atoms with E-state index < -0.39 is 23.7 Å². The number of Topliss-reactive ketones (excluding diaryl/α,β-unsaturated/α-hetero) is 1. The smallest absolute Gasteiger partial charge is 0.252 e. The van der Waals surface area contributed by atoms with Gasteiger partial charge in [-0.15, -0.1) is 0 Å². The van der Waals surface area contributed by atoms with Gasteiger partial charge in [0.15, 0.2) is 0 Å². The number of nitrogens with one attached hydrogen (secondary N) is 1. The van der Waals surface area contributed by atoms with Crippen molar-refractivity contribution in [1.82, 2.24) is 5.32 Å². The summed E-state index contributed by atoms with van der Waals surface area (Å²) < 4.78 is 13.0. The molecule has 0 unspecified atom stereocenters. The van der Waals surface area contributed by atoms with E-state index in [0.29, 0.717) is 6.42 Å². The summed E-state index contributed by atoms with van der Waals surface area (Å²) in [7, 11) is 0. The largest absolute Gasteiger partial charge is 0.368 e. The van der Waals surface area contributed by atoms with Gasteiger partial charge in [0.05, 0.1) is 0 Å². The third-order valence-electron chi connectivity index (χ3n) is 2.84. The second-order valence-electron chi connectivity index (χ2n) is 4.37. The highest BCUT2D eigenvalue weighted by molar-refractivity contribution is 5.97. The van der Waals surface area contributed by atoms with E-state index in [9.17, 15) is 18.8 Å². The highest BCUT2D eigenvalue weighted by Gasteiger charge is 2.19. The van der Waals surface area contributed by atoms with Crippen LogP contribution in [0.1, 0.15) is 36.5 Å². The Balaban J connectivity index is 2.68. The zero-order valence-corrected chi connectivity index (χ0v) is 11.2. The van der Waals surface area contributed by atoms with Gasteiger partial charge in [0, 0.05) is 18.4 Å². The zero-order chi connectivity index (χ0) is 15.1. The van der Waals surface area contributed by atoms with Crippen LogP contribution in [0.4, 0.5) is 4.39 Å². The van der Waals surface area contributed by atoms with Crippen LogP contribution >= 0.6 is 0 Å². The minimum atomic E-state index is -0.943. The van der Waals surface area contributed by atoms with Crippen LogP contribution in [0, 0.1) is 5.82 Å². The molecule has 0 bridgehead atoms. The first-order valence-corrected chi connectivity index (χ1v) is 6.31. The van der Waals surface area contributed by atoms with E-state index in [1.54, 1.807) is 6.92 Å². The molecule has 0 saturated carbocycles. The first kappa shape index (κ1) is 15.8. The van der Waals surface area contributed by atoms with Crippen LogP contribution in [-0.4, -0.2) is 23.6 Å². The third-order valence-corrected chi connectivity index (χ3v) is 2.84. The number of benzene rings is 1. The third kappa shape index (κ3) is 4.79. The van der Waals surface area contributed by atoms with Gasteiger partial charge in [-0.1, -0.05) is 13.0 Å². The Bertz CT molecular complexity index is 517. The van der Waals surface area contributed by atoms with Crippen LogP contribution in [0.2, 0.25) is 0 Å². The molecule has 3 N–H and O–H groups in total. The lowest BCUT2D eigenvalue weighted by Crippen LogP contribution is -2.44. The van der Waals surface area contributed by atoms with Gasteiger partial charge in [-0.3, -0.25) is 14.4 Å². The molecule has 0 spiro atoms. The minimum Gasteiger partial charge on any atom is -0.368 e. The lowest BCUT2D eigenvalue weighted by atomic mass is 10.1. The van der Waals surface area contributed by atoms with E-state index in [4.69, 9.17) is 5.73 Å². The van der Waals surface area contributed by atoms with Gasteiger partial charge in [-0.05, 0) is 24.6 Å². The maximum atomic E-state index is 13.0. The summed E-state index contributed by atoms with van der Waals surface area (Å²) in [5.74, 6) is -1.89. The number of carbonyl (C=O) groups excluding carboxylic acids is 3. The first-order chi connectivity index (χ1) is 9.43. The molecule has 20 heavy (non-hydrogen) atoms. The molecule has 0 radical (unpaired) electrons. The quantitative estimate of drug-likeness (QED) is 0.785. The fraction of sp³-hybridized carbons (Fsp3) is 0.357. The fourth-order valence-electron chi connectivity index (χ4n) is 1.64. The normalized spacial score (nSPS) is 11.7. The van der Waals surface area contributed by atoms with Crippen molar-refractivity contribution in [1.29, 1.82) is 0 Å². The van der Waals surface area contributed by atoms with E-state index in [1.165, 1.54) is 18.2 Å². The second kappa shape index (κ2) is 7.37. The van der Waals surface area contributed by atoms with Crippen LogP contribution in [0.15, 0.2) is 24.3 Å². The maximum absolute atomic E-state index is 13.0. The average Bonchev–Trinajstić information content (AvgIpc) is 2.42. The van der Waals surface area contributed by atoms with Crippen LogP contribution < -0.4 is 11.1 Å². The second-order valence-corrected chi connectivity index (χ2v) is 4.37. The first-order valence-electron chi connectivity index (χ1n) is 6.31.